The van der Waals surface area contributed by atoms with Gasteiger partial charge in [-0.2, -0.15) is 0 Å². The smallest absolute Gasteiger partial charge is 0.225 e. The van der Waals surface area contributed by atoms with Gasteiger partial charge in [-0.05, 0) is 60.1 Å². The van der Waals surface area contributed by atoms with Crippen LogP contribution in [0.2, 0.25) is 0 Å². The van der Waals surface area contributed by atoms with Crippen molar-refractivity contribution < 1.29 is 18.4 Å². The van der Waals surface area contributed by atoms with Crippen LogP contribution >= 0.6 is 0 Å². The van der Waals surface area contributed by atoms with Gasteiger partial charge >= 0.3 is 0 Å². The lowest BCUT2D eigenvalue weighted by molar-refractivity contribution is -0.132. The van der Waals surface area contributed by atoms with Crippen molar-refractivity contribution in [3.63, 3.8) is 0 Å². The Labute approximate surface area is 180 Å². The van der Waals surface area contributed by atoms with E-state index in [9.17, 15) is 18.4 Å². The van der Waals surface area contributed by atoms with E-state index in [4.69, 9.17) is 0 Å². The molecular weight excluding hydrogens is 398 g/mol. The number of rotatable bonds is 7. The molecule has 162 valence electrons. The van der Waals surface area contributed by atoms with Crippen LogP contribution in [0, 0.1) is 29.4 Å². The largest absolute Gasteiger partial charge is 0.352 e. The van der Waals surface area contributed by atoms with Crippen molar-refractivity contribution in [1.29, 1.82) is 0 Å². The first-order valence-corrected chi connectivity index (χ1v) is 11.0. The number of carbonyl (C=O) groups is 2. The van der Waals surface area contributed by atoms with Gasteiger partial charge in [0.2, 0.25) is 5.91 Å². The standard InChI is InChI=1S/C25H26F2N2O2/c26-17-5-1-14(2-6-17)19-9-16(19)10-24(30)21-12-28-13-22(21)25(31)29-23-11-20(23)15-3-7-18(27)8-4-15/h1-8,16,19-23,28H,9-13H2,(H,29,31)/t16?,19?,20-,21-,22-,23?/m1/s1. The molecule has 2 aliphatic carbocycles. The highest BCUT2D eigenvalue weighted by molar-refractivity contribution is 5.90. The number of benzene rings is 2. The van der Waals surface area contributed by atoms with Crippen molar-refractivity contribution in [2.24, 2.45) is 17.8 Å². The molecule has 3 unspecified atom stereocenters. The molecule has 1 saturated heterocycles. The van der Waals surface area contributed by atoms with Gasteiger partial charge in [0.25, 0.3) is 0 Å². The van der Waals surface area contributed by atoms with Gasteiger partial charge in [-0.25, -0.2) is 8.78 Å². The Hall–Kier alpha value is -2.60. The summed E-state index contributed by atoms with van der Waals surface area (Å²) in [7, 11) is 0. The molecule has 2 aromatic rings. The zero-order chi connectivity index (χ0) is 21.5. The van der Waals surface area contributed by atoms with Crippen LogP contribution in [-0.4, -0.2) is 30.8 Å². The van der Waals surface area contributed by atoms with Crippen molar-refractivity contribution in [3.05, 3.63) is 71.3 Å². The fourth-order valence-corrected chi connectivity index (χ4v) is 5.02. The second kappa shape index (κ2) is 8.15. The maximum Gasteiger partial charge on any atom is 0.225 e. The lowest BCUT2D eigenvalue weighted by Gasteiger charge is -2.17. The van der Waals surface area contributed by atoms with E-state index in [1.165, 1.54) is 24.3 Å². The van der Waals surface area contributed by atoms with Crippen LogP contribution in [-0.2, 0) is 9.59 Å². The van der Waals surface area contributed by atoms with Crippen LogP contribution < -0.4 is 10.6 Å². The van der Waals surface area contributed by atoms with E-state index in [0.717, 1.165) is 24.0 Å². The predicted molar refractivity (Wildman–Crippen MR) is 112 cm³/mol. The van der Waals surface area contributed by atoms with Crippen molar-refractivity contribution in [2.75, 3.05) is 13.1 Å². The first-order valence-electron chi connectivity index (χ1n) is 11.0. The zero-order valence-electron chi connectivity index (χ0n) is 17.2. The average Bonchev–Trinajstić information content (AvgIpc) is 3.64. The van der Waals surface area contributed by atoms with Crippen LogP contribution in [0.3, 0.4) is 0 Å². The summed E-state index contributed by atoms with van der Waals surface area (Å²) in [5, 5.41) is 6.30. The van der Waals surface area contributed by atoms with Gasteiger partial charge in [0, 0.05) is 37.4 Å². The molecule has 0 spiro atoms. The monoisotopic (exact) mass is 424 g/mol. The van der Waals surface area contributed by atoms with Crippen LogP contribution in [0.5, 0.6) is 0 Å². The van der Waals surface area contributed by atoms with Crippen LogP contribution in [0.1, 0.15) is 42.2 Å². The van der Waals surface area contributed by atoms with Gasteiger partial charge in [0.1, 0.15) is 17.4 Å². The van der Waals surface area contributed by atoms with Gasteiger partial charge in [0.05, 0.1) is 5.92 Å². The Morgan fingerprint density at radius 1 is 0.839 bits per heavy atom. The minimum Gasteiger partial charge on any atom is -0.352 e. The van der Waals surface area contributed by atoms with Gasteiger partial charge in [0.15, 0.2) is 0 Å². The number of carbonyl (C=O) groups excluding carboxylic acids is 2. The highest BCUT2D eigenvalue weighted by Gasteiger charge is 2.46. The van der Waals surface area contributed by atoms with Crippen molar-refractivity contribution in [2.45, 2.75) is 37.1 Å². The Morgan fingerprint density at radius 2 is 1.42 bits per heavy atom. The number of Topliss-reactive ketones (excluding diaryl/α,β-unsaturated/α-hetero) is 1. The van der Waals surface area contributed by atoms with E-state index in [-0.39, 0.29) is 53.0 Å². The fraction of sp³-hybridized carbons (Fsp3) is 0.440. The summed E-state index contributed by atoms with van der Waals surface area (Å²) in [6, 6.07) is 13.0. The van der Waals surface area contributed by atoms with Crippen LogP contribution in [0.25, 0.3) is 0 Å². The van der Waals surface area contributed by atoms with Crippen molar-refractivity contribution in [3.8, 4) is 0 Å². The lowest BCUT2D eigenvalue weighted by atomic mass is 9.88. The summed E-state index contributed by atoms with van der Waals surface area (Å²) in [5.74, 6) is -0.253. The van der Waals surface area contributed by atoms with E-state index in [1.54, 1.807) is 24.3 Å². The first-order chi connectivity index (χ1) is 15.0. The Morgan fingerprint density at radius 3 is 2.06 bits per heavy atom. The third-order valence-corrected chi connectivity index (χ3v) is 7.06. The average molecular weight is 424 g/mol. The van der Waals surface area contributed by atoms with Crippen LogP contribution in [0.4, 0.5) is 8.78 Å². The van der Waals surface area contributed by atoms with Crippen LogP contribution in [0.15, 0.2) is 48.5 Å². The number of amides is 1. The molecule has 3 fully saturated rings. The number of halogens is 2. The Kier molecular flexibility index (Phi) is 5.34. The molecule has 0 radical (unpaired) electrons. The number of ketones is 1. The highest BCUT2D eigenvalue weighted by atomic mass is 19.1. The highest BCUT2D eigenvalue weighted by Crippen LogP contribution is 2.50. The minimum absolute atomic E-state index is 0.0561. The van der Waals surface area contributed by atoms with E-state index in [1.807, 2.05) is 0 Å². The summed E-state index contributed by atoms with van der Waals surface area (Å²) >= 11 is 0. The molecule has 0 aromatic heterocycles. The maximum atomic E-state index is 13.1. The van der Waals surface area contributed by atoms with Gasteiger partial charge in [-0.1, -0.05) is 24.3 Å². The molecule has 4 nitrogen and oxygen atoms in total. The summed E-state index contributed by atoms with van der Waals surface area (Å²) in [6.07, 6.45) is 2.26. The second-order valence-corrected chi connectivity index (χ2v) is 9.20. The SMILES string of the molecule is O=C(CC1CC1c1ccc(F)cc1)[C@@H]1CNC[C@H]1C(=O)NC1C[C@@H]1c1ccc(F)cc1. The number of hydrogen-bond donors (Lipinski definition) is 2. The summed E-state index contributed by atoms with van der Waals surface area (Å²) in [5.41, 5.74) is 2.11. The summed E-state index contributed by atoms with van der Waals surface area (Å²) < 4.78 is 26.2. The Bertz CT molecular complexity index is 897. The quantitative estimate of drug-likeness (QED) is 0.715. The van der Waals surface area contributed by atoms with Gasteiger partial charge < -0.3 is 10.6 Å². The molecule has 3 aliphatic rings. The number of hydrogen-bond acceptors (Lipinski definition) is 3. The van der Waals surface area contributed by atoms with E-state index in [0.29, 0.717) is 25.4 Å². The summed E-state index contributed by atoms with van der Waals surface area (Å²) in [6.45, 7) is 1.05. The summed E-state index contributed by atoms with van der Waals surface area (Å²) in [4.78, 5) is 25.8. The third kappa shape index (κ3) is 4.40. The van der Waals surface area contributed by atoms with Crippen molar-refractivity contribution >= 4 is 11.7 Å². The molecule has 1 amide bonds. The number of nitrogens with one attached hydrogen (secondary N) is 2. The third-order valence-electron chi connectivity index (χ3n) is 7.06. The molecule has 2 aromatic carbocycles. The molecule has 6 atom stereocenters. The molecule has 31 heavy (non-hydrogen) atoms. The fourth-order valence-electron chi connectivity index (χ4n) is 5.02. The minimum atomic E-state index is -0.343. The molecule has 0 bridgehead atoms. The molecule has 5 rings (SSSR count). The molecule has 2 N–H and O–H groups in total. The van der Waals surface area contributed by atoms with Gasteiger partial charge in [-0.3, -0.25) is 9.59 Å². The lowest BCUT2D eigenvalue weighted by Crippen LogP contribution is -2.39. The maximum absolute atomic E-state index is 13.1. The second-order valence-electron chi connectivity index (χ2n) is 9.20. The molecular formula is C25H26F2N2O2. The zero-order valence-corrected chi connectivity index (χ0v) is 17.2. The molecule has 1 heterocycles. The molecule has 6 heteroatoms. The topological polar surface area (TPSA) is 58.2 Å². The van der Waals surface area contributed by atoms with E-state index >= 15 is 0 Å². The van der Waals surface area contributed by atoms with Gasteiger partial charge in [-0.15, -0.1) is 0 Å². The van der Waals surface area contributed by atoms with Crippen molar-refractivity contribution in [1.82, 2.24) is 10.6 Å². The Balaban J connectivity index is 1.14. The predicted octanol–water partition coefficient (Wildman–Crippen LogP) is 3.54. The normalized spacial score (nSPS) is 31.3. The molecule has 1 aliphatic heterocycles. The first kappa shape index (κ1) is 20.3. The van der Waals surface area contributed by atoms with E-state index < -0.39 is 0 Å². The van der Waals surface area contributed by atoms with E-state index in [2.05, 4.69) is 10.6 Å². The molecule has 2 saturated carbocycles.